The molecule has 0 fully saturated rings. The largest absolute Gasteiger partial charge is 0.492 e. The van der Waals surface area contributed by atoms with Gasteiger partial charge in [-0.1, -0.05) is 15.9 Å². The van der Waals surface area contributed by atoms with Crippen molar-refractivity contribution in [2.24, 2.45) is 0 Å². The number of rotatable bonds is 5. The number of nitrogens with zero attached hydrogens (tertiary/aromatic N) is 4. The van der Waals surface area contributed by atoms with Crippen LogP contribution >= 0.6 is 15.9 Å². The summed E-state index contributed by atoms with van der Waals surface area (Å²) in [4.78, 5) is 18.8. The third kappa shape index (κ3) is 3.82. The Hall–Kier alpha value is -2.41. The Labute approximate surface area is 154 Å². The highest BCUT2D eigenvalue weighted by atomic mass is 79.9. The molecular formula is C18H19BrN4O2. The quantitative estimate of drug-likeness (QED) is 0.656. The molecule has 6 nitrogen and oxygen atoms in total. The molecule has 1 amide bonds. The zero-order valence-electron chi connectivity index (χ0n) is 14.4. The fourth-order valence-corrected chi connectivity index (χ4v) is 2.82. The van der Waals surface area contributed by atoms with Crippen LogP contribution in [0.25, 0.3) is 5.65 Å². The fourth-order valence-electron chi connectivity index (χ4n) is 2.56. The van der Waals surface area contributed by atoms with Gasteiger partial charge in [0.05, 0.1) is 12.7 Å². The average molecular weight is 403 g/mol. The lowest BCUT2D eigenvalue weighted by Gasteiger charge is -2.17. The average Bonchev–Trinajstić information content (AvgIpc) is 3.00. The van der Waals surface area contributed by atoms with Crippen molar-refractivity contribution in [3.05, 3.63) is 58.0 Å². The van der Waals surface area contributed by atoms with Gasteiger partial charge in [-0.3, -0.25) is 4.79 Å². The smallest absolute Gasteiger partial charge is 0.259 e. The number of hydrogen-bond acceptors (Lipinski definition) is 4. The van der Waals surface area contributed by atoms with E-state index in [1.807, 2.05) is 44.2 Å². The van der Waals surface area contributed by atoms with Crippen LogP contribution in [0.5, 0.6) is 5.75 Å². The highest BCUT2D eigenvalue weighted by Gasteiger charge is 2.19. The molecule has 7 heteroatoms. The van der Waals surface area contributed by atoms with Crippen molar-refractivity contribution in [3.63, 3.8) is 0 Å². The Kier molecular flexibility index (Phi) is 5.03. The van der Waals surface area contributed by atoms with Gasteiger partial charge in [0.2, 0.25) is 0 Å². The minimum atomic E-state index is -0.119. The Morgan fingerprint density at radius 1 is 1.28 bits per heavy atom. The van der Waals surface area contributed by atoms with Crippen molar-refractivity contribution < 1.29 is 9.53 Å². The molecule has 0 spiro atoms. The number of fused-ring (bicyclic) bond motifs is 1. The van der Waals surface area contributed by atoms with E-state index in [0.29, 0.717) is 24.4 Å². The first-order valence-electron chi connectivity index (χ1n) is 7.91. The van der Waals surface area contributed by atoms with Crippen molar-refractivity contribution in [1.29, 1.82) is 0 Å². The molecule has 0 aliphatic carbocycles. The van der Waals surface area contributed by atoms with Crippen LogP contribution in [-0.2, 0) is 0 Å². The second-order valence-corrected chi connectivity index (χ2v) is 6.78. The summed E-state index contributed by atoms with van der Waals surface area (Å²) in [5.74, 6) is 0.653. The summed E-state index contributed by atoms with van der Waals surface area (Å²) in [6.45, 7) is 4.73. The van der Waals surface area contributed by atoms with Crippen LogP contribution in [0.4, 0.5) is 0 Å². The van der Waals surface area contributed by atoms with Crippen LogP contribution in [0.2, 0.25) is 0 Å². The van der Waals surface area contributed by atoms with Gasteiger partial charge in [-0.05, 0) is 44.2 Å². The number of aryl methyl sites for hydroxylation is 2. The molecule has 1 aromatic carbocycles. The van der Waals surface area contributed by atoms with Gasteiger partial charge in [-0.25, -0.2) is 9.50 Å². The van der Waals surface area contributed by atoms with Crippen molar-refractivity contribution >= 4 is 27.5 Å². The van der Waals surface area contributed by atoms with Gasteiger partial charge in [0.25, 0.3) is 5.91 Å². The lowest BCUT2D eigenvalue weighted by atomic mass is 10.2. The van der Waals surface area contributed by atoms with Crippen molar-refractivity contribution in [2.75, 3.05) is 20.2 Å². The maximum atomic E-state index is 12.7. The van der Waals surface area contributed by atoms with Gasteiger partial charge >= 0.3 is 0 Å². The number of likely N-dealkylation sites (N-methyl/N-ethyl adjacent to an activating group) is 1. The topological polar surface area (TPSA) is 59.7 Å². The Balaban J connectivity index is 1.67. The third-order valence-corrected chi connectivity index (χ3v) is 4.39. The molecule has 0 aliphatic heterocycles. The number of aromatic nitrogens is 3. The normalized spacial score (nSPS) is 10.9. The number of hydrogen-bond donors (Lipinski definition) is 0. The van der Waals surface area contributed by atoms with Crippen molar-refractivity contribution in [3.8, 4) is 5.75 Å². The second-order valence-electron chi connectivity index (χ2n) is 5.86. The van der Waals surface area contributed by atoms with E-state index >= 15 is 0 Å². The minimum absolute atomic E-state index is 0.119. The first-order chi connectivity index (χ1) is 12.0. The highest BCUT2D eigenvalue weighted by Crippen LogP contribution is 2.16. The molecule has 0 N–H and O–H groups in total. The van der Waals surface area contributed by atoms with E-state index in [1.165, 1.54) is 0 Å². The summed E-state index contributed by atoms with van der Waals surface area (Å²) in [5, 5.41) is 4.27. The Morgan fingerprint density at radius 3 is 2.72 bits per heavy atom. The highest BCUT2D eigenvalue weighted by molar-refractivity contribution is 9.10. The van der Waals surface area contributed by atoms with E-state index in [1.54, 1.807) is 22.7 Å². The molecule has 2 aromatic heterocycles. The van der Waals surface area contributed by atoms with Gasteiger partial charge in [-0.2, -0.15) is 5.10 Å². The molecule has 25 heavy (non-hydrogen) atoms. The fraction of sp³-hybridized carbons (Fsp3) is 0.278. The predicted octanol–water partition coefficient (Wildman–Crippen LogP) is 3.26. The molecule has 3 rings (SSSR count). The molecule has 0 saturated heterocycles. The standard InChI is InChI=1S/C18H19BrN4O2/c1-12-10-13(2)23-17(21-12)16(11-20-23)18(24)22(3)8-9-25-15-6-4-14(19)5-7-15/h4-7,10-11H,8-9H2,1-3H3. The second kappa shape index (κ2) is 7.23. The molecule has 130 valence electrons. The molecule has 0 unspecified atom stereocenters. The van der Waals surface area contributed by atoms with Crippen LogP contribution in [0.15, 0.2) is 41.0 Å². The third-order valence-electron chi connectivity index (χ3n) is 3.86. The van der Waals surface area contributed by atoms with Crippen LogP contribution < -0.4 is 4.74 Å². The molecular weight excluding hydrogens is 384 g/mol. The molecule has 0 saturated carbocycles. The zero-order chi connectivity index (χ0) is 18.0. The van der Waals surface area contributed by atoms with E-state index < -0.39 is 0 Å². The predicted molar refractivity (Wildman–Crippen MR) is 99.1 cm³/mol. The number of amides is 1. The zero-order valence-corrected chi connectivity index (χ0v) is 15.9. The number of carbonyl (C=O) groups is 1. The summed E-state index contributed by atoms with van der Waals surface area (Å²) in [6, 6.07) is 9.53. The summed E-state index contributed by atoms with van der Waals surface area (Å²) in [5.41, 5.74) is 2.89. The van der Waals surface area contributed by atoms with Crippen molar-refractivity contribution in [1.82, 2.24) is 19.5 Å². The van der Waals surface area contributed by atoms with E-state index in [4.69, 9.17) is 4.74 Å². The first kappa shape index (κ1) is 17.4. The lowest BCUT2D eigenvalue weighted by Crippen LogP contribution is -2.31. The minimum Gasteiger partial charge on any atom is -0.492 e. The van der Waals surface area contributed by atoms with Gasteiger partial charge in [0.1, 0.15) is 17.9 Å². The molecule has 2 heterocycles. The summed E-state index contributed by atoms with van der Waals surface area (Å²) >= 11 is 3.39. The molecule has 0 atom stereocenters. The van der Waals surface area contributed by atoms with Gasteiger partial charge in [-0.15, -0.1) is 0 Å². The first-order valence-corrected chi connectivity index (χ1v) is 8.71. The van der Waals surface area contributed by atoms with Gasteiger partial charge < -0.3 is 9.64 Å². The summed E-state index contributed by atoms with van der Waals surface area (Å²) in [7, 11) is 1.75. The van der Waals surface area contributed by atoms with E-state index in [0.717, 1.165) is 21.6 Å². The van der Waals surface area contributed by atoms with Crippen LogP contribution in [0.1, 0.15) is 21.7 Å². The van der Waals surface area contributed by atoms with Gasteiger partial charge in [0, 0.05) is 22.9 Å². The summed E-state index contributed by atoms with van der Waals surface area (Å²) < 4.78 is 8.36. The van der Waals surface area contributed by atoms with Crippen LogP contribution in [0, 0.1) is 13.8 Å². The summed E-state index contributed by atoms with van der Waals surface area (Å²) in [6.07, 6.45) is 1.57. The Bertz CT molecular complexity index is 905. The van der Waals surface area contributed by atoms with Crippen molar-refractivity contribution in [2.45, 2.75) is 13.8 Å². The number of benzene rings is 1. The SMILES string of the molecule is Cc1cc(C)n2ncc(C(=O)N(C)CCOc3ccc(Br)cc3)c2n1. The monoisotopic (exact) mass is 402 g/mol. The number of halogens is 1. The molecule has 0 aliphatic rings. The van der Waals surface area contributed by atoms with Crippen LogP contribution in [0.3, 0.4) is 0 Å². The molecule has 0 radical (unpaired) electrons. The van der Waals surface area contributed by atoms with E-state index in [-0.39, 0.29) is 5.91 Å². The Morgan fingerprint density at radius 2 is 2.00 bits per heavy atom. The molecule has 0 bridgehead atoms. The van der Waals surface area contributed by atoms with Gasteiger partial charge in [0.15, 0.2) is 5.65 Å². The van der Waals surface area contributed by atoms with E-state index in [2.05, 4.69) is 26.0 Å². The number of carbonyl (C=O) groups excluding carboxylic acids is 1. The maximum Gasteiger partial charge on any atom is 0.259 e. The number of ether oxygens (including phenoxy) is 1. The lowest BCUT2D eigenvalue weighted by molar-refractivity contribution is 0.0775. The van der Waals surface area contributed by atoms with Crippen LogP contribution in [-0.4, -0.2) is 45.6 Å². The molecule has 3 aromatic rings. The maximum absolute atomic E-state index is 12.7. The van der Waals surface area contributed by atoms with E-state index in [9.17, 15) is 4.79 Å².